The standard InChI is InChI=1S/C12H19F2N3O3S/c1-15-8-5-9-17(2)21(18,19)16-10-6-3-4-7-11(10)20-12(13)14/h3-4,6-7,12,15-16H,5,8-9H2,1-2H3. The third-order valence-electron chi connectivity index (χ3n) is 2.65. The topological polar surface area (TPSA) is 70.7 Å². The Morgan fingerprint density at radius 2 is 2.00 bits per heavy atom. The molecule has 0 aliphatic rings. The molecule has 2 N–H and O–H groups in total. The van der Waals surface area contributed by atoms with Crippen molar-refractivity contribution in [3.63, 3.8) is 0 Å². The molecule has 0 atom stereocenters. The van der Waals surface area contributed by atoms with E-state index in [4.69, 9.17) is 0 Å². The Kier molecular flexibility index (Phi) is 6.79. The van der Waals surface area contributed by atoms with Crippen molar-refractivity contribution in [2.45, 2.75) is 13.0 Å². The first-order valence-electron chi connectivity index (χ1n) is 6.29. The molecule has 6 nitrogen and oxygen atoms in total. The summed E-state index contributed by atoms with van der Waals surface area (Å²) >= 11 is 0. The molecule has 0 radical (unpaired) electrons. The van der Waals surface area contributed by atoms with Crippen LogP contribution in [0.5, 0.6) is 5.75 Å². The SMILES string of the molecule is CNCCCN(C)S(=O)(=O)Nc1ccccc1OC(F)F. The van der Waals surface area contributed by atoms with Crippen molar-refractivity contribution < 1.29 is 21.9 Å². The van der Waals surface area contributed by atoms with Gasteiger partial charge in [0.25, 0.3) is 0 Å². The van der Waals surface area contributed by atoms with E-state index in [2.05, 4.69) is 14.8 Å². The van der Waals surface area contributed by atoms with Gasteiger partial charge in [0.05, 0.1) is 5.69 Å². The smallest absolute Gasteiger partial charge is 0.387 e. The fourth-order valence-electron chi connectivity index (χ4n) is 1.57. The average molecular weight is 323 g/mol. The molecule has 0 fully saturated rings. The summed E-state index contributed by atoms with van der Waals surface area (Å²) in [4.78, 5) is 0. The van der Waals surface area contributed by atoms with E-state index in [9.17, 15) is 17.2 Å². The van der Waals surface area contributed by atoms with Gasteiger partial charge in [-0.2, -0.15) is 21.5 Å². The first-order chi connectivity index (χ1) is 9.86. The zero-order valence-corrected chi connectivity index (χ0v) is 12.7. The predicted molar refractivity (Wildman–Crippen MR) is 76.8 cm³/mol. The lowest BCUT2D eigenvalue weighted by molar-refractivity contribution is -0.0493. The number of anilines is 1. The van der Waals surface area contributed by atoms with Gasteiger partial charge in [0.15, 0.2) is 0 Å². The first-order valence-corrected chi connectivity index (χ1v) is 7.73. The summed E-state index contributed by atoms with van der Waals surface area (Å²) in [5, 5.41) is 2.91. The Labute approximate surface area is 123 Å². The van der Waals surface area contributed by atoms with E-state index in [1.165, 1.54) is 31.3 Å². The van der Waals surface area contributed by atoms with Crippen LogP contribution < -0.4 is 14.8 Å². The van der Waals surface area contributed by atoms with E-state index in [-0.39, 0.29) is 11.4 Å². The van der Waals surface area contributed by atoms with Crippen LogP contribution in [0.1, 0.15) is 6.42 Å². The zero-order valence-electron chi connectivity index (χ0n) is 11.8. The average Bonchev–Trinajstić information content (AvgIpc) is 2.40. The monoisotopic (exact) mass is 323 g/mol. The summed E-state index contributed by atoms with van der Waals surface area (Å²) in [7, 11) is -0.642. The highest BCUT2D eigenvalue weighted by molar-refractivity contribution is 7.90. The molecule has 0 spiro atoms. The molecular formula is C12H19F2N3O3S. The maximum Gasteiger partial charge on any atom is 0.387 e. The Bertz CT molecular complexity index is 540. The lowest BCUT2D eigenvalue weighted by atomic mass is 10.3. The van der Waals surface area contributed by atoms with Crippen LogP contribution in [0.15, 0.2) is 24.3 Å². The van der Waals surface area contributed by atoms with Crippen LogP contribution in [0.3, 0.4) is 0 Å². The predicted octanol–water partition coefficient (Wildman–Crippen LogP) is 1.49. The van der Waals surface area contributed by atoms with Crippen molar-refractivity contribution in [3.8, 4) is 5.75 Å². The molecule has 0 unspecified atom stereocenters. The summed E-state index contributed by atoms with van der Waals surface area (Å²) in [5.41, 5.74) is -0.0294. The molecule has 0 saturated carbocycles. The number of alkyl halides is 2. The molecule has 1 aromatic rings. The summed E-state index contributed by atoms with van der Waals surface area (Å²) in [5.74, 6) is -0.223. The van der Waals surface area contributed by atoms with Gasteiger partial charge in [-0.3, -0.25) is 4.72 Å². The molecule has 9 heteroatoms. The Hall–Kier alpha value is -1.45. The van der Waals surface area contributed by atoms with E-state index in [1.54, 1.807) is 7.05 Å². The van der Waals surface area contributed by atoms with Crippen LogP contribution in [0.4, 0.5) is 14.5 Å². The lowest BCUT2D eigenvalue weighted by Gasteiger charge is -2.19. The van der Waals surface area contributed by atoms with Crippen LogP contribution in [0.25, 0.3) is 0 Å². The third kappa shape index (κ3) is 5.82. The van der Waals surface area contributed by atoms with Gasteiger partial charge in [-0.05, 0) is 32.1 Å². The third-order valence-corrected chi connectivity index (χ3v) is 4.13. The van der Waals surface area contributed by atoms with E-state index in [0.29, 0.717) is 19.5 Å². The fourth-order valence-corrected chi connectivity index (χ4v) is 2.54. The van der Waals surface area contributed by atoms with Crippen LogP contribution >= 0.6 is 0 Å². The van der Waals surface area contributed by atoms with Crippen LogP contribution in [-0.2, 0) is 10.2 Å². The van der Waals surface area contributed by atoms with Crippen LogP contribution in [-0.4, -0.2) is 46.5 Å². The van der Waals surface area contributed by atoms with Gasteiger partial charge < -0.3 is 10.1 Å². The fraction of sp³-hybridized carbons (Fsp3) is 0.500. The molecule has 21 heavy (non-hydrogen) atoms. The molecule has 1 aromatic carbocycles. The summed E-state index contributed by atoms with van der Waals surface area (Å²) < 4.78 is 56.4. The second kappa shape index (κ2) is 8.11. The van der Waals surface area contributed by atoms with Crippen LogP contribution in [0, 0.1) is 0 Å². The minimum absolute atomic E-state index is 0.0294. The Morgan fingerprint density at radius 1 is 1.33 bits per heavy atom. The second-order valence-corrected chi connectivity index (χ2v) is 6.04. The van der Waals surface area contributed by atoms with Gasteiger partial charge in [0, 0.05) is 13.6 Å². The largest absolute Gasteiger partial charge is 0.433 e. The highest BCUT2D eigenvalue weighted by Gasteiger charge is 2.19. The van der Waals surface area contributed by atoms with Gasteiger partial charge in [-0.1, -0.05) is 12.1 Å². The number of nitrogens with zero attached hydrogens (tertiary/aromatic N) is 1. The minimum atomic E-state index is -3.82. The van der Waals surface area contributed by atoms with E-state index in [1.807, 2.05) is 0 Å². The number of ether oxygens (including phenoxy) is 1. The normalized spacial score (nSPS) is 11.9. The first kappa shape index (κ1) is 17.6. The van der Waals surface area contributed by atoms with Gasteiger partial charge in [-0.25, -0.2) is 0 Å². The summed E-state index contributed by atoms with van der Waals surface area (Å²) in [6.45, 7) is -2.05. The van der Waals surface area contributed by atoms with Gasteiger partial charge in [0.2, 0.25) is 0 Å². The summed E-state index contributed by atoms with van der Waals surface area (Å²) in [6.07, 6.45) is 0.628. The molecular weight excluding hydrogens is 304 g/mol. The molecule has 0 aliphatic heterocycles. The quantitative estimate of drug-likeness (QED) is 0.676. The van der Waals surface area contributed by atoms with Crippen molar-refractivity contribution in [1.82, 2.24) is 9.62 Å². The Balaban J connectivity index is 2.79. The molecule has 0 bridgehead atoms. The molecule has 0 aliphatic carbocycles. The molecule has 0 heterocycles. The van der Waals surface area contributed by atoms with Crippen molar-refractivity contribution in [2.24, 2.45) is 0 Å². The molecule has 120 valence electrons. The van der Waals surface area contributed by atoms with Crippen molar-refractivity contribution >= 4 is 15.9 Å². The molecule has 0 aromatic heterocycles. The number of hydrogen-bond acceptors (Lipinski definition) is 4. The van der Waals surface area contributed by atoms with Gasteiger partial charge in [-0.15, -0.1) is 0 Å². The van der Waals surface area contributed by atoms with E-state index in [0.717, 1.165) is 4.31 Å². The van der Waals surface area contributed by atoms with Gasteiger partial charge in [0.1, 0.15) is 5.75 Å². The molecule has 0 saturated heterocycles. The van der Waals surface area contributed by atoms with E-state index >= 15 is 0 Å². The van der Waals surface area contributed by atoms with Crippen molar-refractivity contribution in [3.05, 3.63) is 24.3 Å². The number of benzene rings is 1. The minimum Gasteiger partial charge on any atom is -0.433 e. The number of hydrogen-bond donors (Lipinski definition) is 2. The van der Waals surface area contributed by atoms with Crippen molar-refractivity contribution in [2.75, 3.05) is 31.9 Å². The second-order valence-electron chi connectivity index (χ2n) is 4.26. The molecule has 0 amide bonds. The molecule has 1 rings (SSSR count). The number of halogens is 2. The Morgan fingerprint density at radius 3 is 2.62 bits per heavy atom. The van der Waals surface area contributed by atoms with E-state index < -0.39 is 16.8 Å². The van der Waals surface area contributed by atoms with Crippen molar-refractivity contribution in [1.29, 1.82) is 0 Å². The lowest BCUT2D eigenvalue weighted by Crippen LogP contribution is -2.34. The van der Waals surface area contributed by atoms with Crippen LogP contribution in [0.2, 0.25) is 0 Å². The van der Waals surface area contributed by atoms with Gasteiger partial charge >= 0.3 is 16.8 Å². The maximum atomic E-state index is 12.3. The zero-order chi connectivity index (χ0) is 15.9. The number of rotatable bonds is 9. The maximum absolute atomic E-state index is 12.3. The highest BCUT2D eigenvalue weighted by Crippen LogP contribution is 2.26. The number of nitrogens with one attached hydrogen (secondary N) is 2. The highest BCUT2D eigenvalue weighted by atomic mass is 32.2. The summed E-state index contributed by atoms with van der Waals surface area (Å²) in [6, 6.07) is 5.63. The number of para-hydroxylation sites is 2.